The van der Waals surface area contributed by atoms with E-state index in [1.165, 1.54) is 11.3 Å². The van der Waals surface area contributed by atoms with Crippen molar-refractivity contribution < 1.29 is 29.6 Å². The van der Waals surface area contributed by atoms with Crippen LogP contribution in [0.1, 0.15) is 132 Å². The third kappa shape index (κ3) is 3.71. The Kier molecular flexibility index (Phi) is 6.45. The van der Waals surface area contributed by atoms with Gasteiger partial charge in [0, 0.05) is 33.4 Å². The van der Waals surface area contributed by atoms with Crippen molar-refractivity contribution in [3.63, 3.8) is 0 Å². The van der Waals surface area contributed by atoms with Crippen molar-refractivity contribution in [1.29, 1.82) is 0 Å². The maximum Gasteiger partial charge on any atom is 0.307 e. The second-order valence-corrected chi connectivity index (χ2v) is 17.8. The van der Waals surface area contributed by atoms with Gasteiger partial charge in [-0.15, -0.1) is 0 Å². The van der Waals surface area contributed by atoms with Gasteiger partial charge in [0.2, 0.25) is 0 Å². The first-order valence-electron chi connectivity index (χ1n) is 17.9. The Balaban J connectivity index is 1.38. The molecule has 8 rings (SSSR count). The van der Waals surface area contributed by atoms with Crippen LogP contribution >= 0.6 is 0 Å². The highest BCUT2D eigenvalue weighted by atomic mass is 16.5. The van der Waals surface area contributed by atoms with E-state index in [9.17, 15) is 24.9 Å². The molecule has 3 N–H and O–H groups in total. The number of aliphatic hydroxyl groups is 2. The van der Waals surface area contributed by atoms with Gasteiger partial charge in [-0.25, -0.2) is 0 Å². The number of carboxylic acid groups (broad SMARTS) is 1. The fourth-order valence-electron chi connectivity index (χ4n) is 12.5. The fraction of sp³-hybridized carbons (Fsp3) is 0.610. The summed E-state index contributed by atoms with van der Waals surface area (Å²) < 4.78 is 8.84. The lowest BCUT2D eigenvalue weighted by Gasteiger charge is -2.64. The third-order valence-corrected chi connectivity index (χ3v) is 14.4. The predicted molar refractivity (Wildman–Crippen MR) is 186 cm³/mol. The van der Waals surface area contributed by atoms with E-state index in [0.717, 1.165) is 58.9 Å². The quantitative estimate of drug-likeness (QED) is 0.293. The van der Waals surface area contributed by atoms with Gasteiger partial charge in [-0.1, -0.05) is 45.1 Å². The lowest BCUT2D eigenvalue weighted by molar-refractivity contribution is -0.145. The van der Waals surface area contributed by atoms with Gasteiger partial charge >= 0.3 is 5.97 Å². The van der Waals surface area contributed by atoms with Gasteiger partial charge in [0.15, 0.2) is 5.78 Å². The standard InChI is InChI=1S/C41H51NO6/c1-20(2)32-35(47)30-29-22(25-19-37(3,4)48-38(5,6)31(25)34(29)46)18-23-24-17-21-12-13-26-39(7,15-10-11-28(44)45)27(43)14-16-40(26,8)41(21,9)36(24)42(32)33(23)30/h10,15,18-19,21,26-27,31-32,34,43,46H,1,11-14,16-17H2,2-9H3,(H,44,45)/b15-10+/t21-,26-,27-,31+,32-,34+,39-,40-,41+/m0/s1. The molecule has 7 nitrogen and oxygen atoms in total. The van der Waals surface area contributed by atoms with Crippen molar-refractivity contribution in [2.24, 2.45) is 28.6 Å². The molecule has 0 saturated heterocycles. The van der Waals surface area contributed by atoms with Gasteiger partial charge in [0.25, 0.3) is 0 Å². The van der Waals surface area contributed by atoms with Crippen LogP contribution in [0.2, 0.25) is 0 Å². The Morgan fingerprint density at radius 2 is 1.81 bits per heavy atom. The Morgan fingerprint density at radius 1 is 1.10 bits per heavy atom. The number of hydrogen-bond acceptors (Lipinski definition) is 5. The fourth-order valence-corrected chi connectivity index (χ4v) is 12.5. The number of aromatic nitrogens is 1. The van der Waals surface area contributed by atoms with Gasteiger partial charge < -0.3 is 24.6 Å². The number of nitrogens with zero attached hydrogens (tertiary/aromatic N) is 1. The number of carboxylic acids is 1. The topological polar surface area (TPSA) is 109 Å². The summed E-state index contributed by atoms with van der Waals surface area (Å²) in [6.45, 7) is 21.5. The first kappa shape index (κ1) is 32.2. The highest BCUT2D eigenvalue weighted by Gasteiger charge is 2.67. The SMILES string of the molecule is C=C(C)[C@H]1C(=O)c2c3c(cc4c5c(n1c24)[C@@]1(C)[C@@H](CC[C@H]2[C@](C)(/C=C/CC(=O)O)[C@@H](O)CC[C@@]21C)C5)C1=CC(C)(C)OC(C)(C)[C@H]1[C@@H]3O. The van der Waals surface area contributed by atoms with Crippen LogP contribution in [0, 0.1) is 28.6 Å². The monoisotopic (exact) mass is 653 g/mol. The molecule has 2 saturated carbocycles. The number of rotatable bonds is 4. The predicted octanol–water partition coefficient (Wildman–Crippen LogP) is 7.63. The zero-order valence-corrected chi connectivity index (χ0v) is 29.7. The van der Waals surface area contributed by atoms with E-state index < -0.39 is 40.8 Å². The summed E-state index contributed by atoms with van der Waals surface area (Å²) in [5, 5.41) is 34.2. The molecule has 0 bridgehead atoms. The van der Waals surface area contributed by atoms with Crippen LogP contribution < -0.4 is 0 Å². The molecule has 1 aromatic heterocycles. The molecular formula is C41H51NO6. The summed E-state index contributed by atoms with van der Waals surface area (Å²) in [5.41, 5.74) is 5.52. The van der Waals surface area contributed by atoms with Crippen molar-refractivity contribution in [3.8, 4) is 0 Å². The van der Waals surface area contributed by atoms with Gasteiger partial charge in [0.1, 0.15) is 6.04 Å². The summed E-state index contributed by atoms with van der Waals surface area (Å²) in [7, 11) is 0. The van der Waals surface area contributed by atoms with Crippen LogP contribution in [0.3, 0.4) is 0 Å². The molecule has 7 heteroatoms. The lowest BCUT2D eigenvalue weighted by Crippen LogP contribution is -2.62. The molecule has 0 unspecified atom stereocenters. The number of fused-ring (bicyclic) bond motifs is 11. The number of carbonyl (C=O) groups is 2. The van der Waals surface area contributed by atoms with Crippen LogP contribution in [-0.2, 0) is 21.4 Å². The van der Waals surface area contributed by atoms with Crippen molar-refractivity contribution >= 4 is 28.2 Å². The number of hydrogen-bond donors (Lipinski definition) is 3. The van der Waals surface area contributed by atoms with E-state index in [1.54, 1.807) is 6.08 Å². The molecule has 2 aromatic rings. The highest BCUT2D eigenvalue weighted by molar-refractivity contribution is 6.18. The van der Waals surface area contributed by atoms with Crippen molar-refractivity contribution in [2.45, 2.75) is 129 Å². The van der Waals surface area contributed by atoms with Crippen molar-refractivity contribution in [3.05, 3.63) is 64.4 Å². The van der Waals surface area contributed by atoms with E-state index in [-0.39, 0.29) is 34.9 Å². The first-order valence-corrected chi connectivity index (χ1v) is 17.9. The summed E-state index contributed by atoms with van der Waals surface area (Å²) in [6.07, 6.45) is 8.75. The van der Waals surface area contributed by atoms with E-state index in [1.807, 2.05) is 26.8 Å². The number of aliphatic carboxylic acids is 1. The van der Waals surface area contributed by atoms with Crippen molar-refractivity contribution in [2.75, 3.05) is 0 Å². The number of carbonyl (C=O) groups excluding carboxylic acids is 1. The summed E-state index contributed by atoms with van der Waals surface area (Å²) in [4.78, 5) is 26.2. The molecule has 4 aliphatic carbocycles. The van der Waals surface area contributed by atoms with Gasteiger partial charge in [0.05, 0.1) is 40.9 Å². The molecule has 0 spiro atoms. The smallest absolute Gasteiger partial charge is 0.307 e. The van der Waals surface area contributed by atoms with E-state index in [4.69, 9.17) is 4.74 Å². The molecule has 3 heterocycles. The molecule has 2 aliphatic heterocycles. The normalized spacial score (nSPS) is 40.0. The largest absolute Gasteiger partial charge is 0.481 e. The molecule has 0 radical (unpaired) electrons. The number of Topliss-reactive ketones (excluding diaryl/α,β-unsaturated/α-hetero) is 1. The zero-order valence-electron chi connectivity index (χ0n) is 29.7. The minimum atomic E-state index is -0.875. The number of ether oxygens (including phenoxy) is 1. The summed E-state index contributed by atoms with van der Waals surface area (Å²) >= 11 is 0. The van der Waals surface area contributed by atoms with Crippen molar-refractivity contribution in [1.82, 2.24) is 4.57 Å². The molecule has 48 heavy (non-hydrogen) atoms. The van der Waals surface area contributed by atoms with Gasteiger partial charge in [-0.3, -0.25) is 9.59 Å². The average molecular weight is 654 g/mol. The second-order valence-electron chi connectivity index (χ2n) is 17.8. The number of allylic oxidation sites excluding steroid dienone is 1. The van der Waals surface area contributed by atoms with Gasteiger partial charge in [-0.2, -0.15) is 0 Å². The van der Waals surface area contributed by atoms with Crippen LogP contribution in [0.25, 0.3) is 16.5 Å². The van der Waals surface area contributed by atoms with E-state index >= 15 is 0 Å². The maximum atomic E-state index is 14.8. The second kappa shape index (κ2) is 9.61. The Hall–Kier alpha value is -3.00. The Bertz CT molecular complexity index is 1910. The highest BCUT2D eigenvalue weighted by Crippen LogP contribution is 2.71. The molecule has 256 valence electrons. The maximum absolute atomic E-state index is 14.8. The average Bonchev–Trinajstić information content (AvgIpc) is 3.63. The third-order valence-electron chi connectivity index (χ3n) is 14.4. The van der Waals surface area contributed by atoms with Crippen LogP contribution in [-0.4, -0.2) is 48.9 Å². The number of aliphatic hydroxyl groups excluding tert-OH is 2. The van der Waals surface area contributed by atoms with Crippen LogP contribution in [0.5, 0.6) is 0 Å². The zero-order chi connectivity index (χ0) is 34.7. The Labute approximate surface area is 283 Å². The van der Waals surface area contributed by atoms with E-state index in [2.05, 4.69) is 57.9 Å². The molecule has 2 fully saturated rings. The first-order chi connectivity index (χ1) is 22.3. The van der Waals surface area contributed by atoms with Gasteiger partial charge in [-0.05, 0) is 113 Å². The summed E-state index contributed by atoms with van der Waals surface area (Å²) in [6, 6.07) is 1.74. The molecular weight excluding hydrogens is 602 g/mol. The molecule has 6 aliphatic rings. The van der Waals surface area contributed by atoms with Crippen LogP contribution in [0.4, 0.5) is 0 Å². The number of benzene rings is 1. The minimum absolute atomic E-state index is 0.0171. The Morgan fingerprint density at radius 3 is 2.48 bits per heavy atom. The molecule has 1 aromatic carbocycles. The molecule has 9 atom stereocenters. The van der Waals surface area contributed by atoms with E-state index in [0.29, 0.717) is 17.9 Å². The molecule has 0 amide bonds. The lowest BCUT2D eigenvalue weighted by atomic mass is 9.40. The minimum Gasteiger partial charge on any atom is -0.481 e. The summed E-state index contributed by atoms with van der Waals surface area (Å²) in [5.74, 6) is -0.636. The van der Waals surface area contributed by atoms with Crippen LogP contribution in [0.15, 0.2) is 36.4 Å². The number of ketones is 1.